The molecule has 2 heterocycles. The summed E-state index contributed by atoms with van der Waals surface area (Å²) in [7, 11) is 0. The highest BCUT2D eigenvalue weighted by Crippen LogP contribution is 2.30. The fourth-order valence-corrected chi connectivity index (χ4v) is 4.11. The number of nitrogens with zero attached hydrogens (tertiary/aromatic N) is 1. The van der Waals surface area contributed by atoms with E-state index < -0.39 is 5.60 Å². The monoisotopic (exact) mass is 420 g/mol. The van der Waals surface area contributed by atoms with Gasteiger partial charge in [-0.1, -0.05) is 37.9 Å². The summed E-state index contributed by atoms with van der Waals surface area (Å²) in [5, 5.41) is 13.3. The van der Waals surface area contributed by atoms with Crippen LogP contribution in [0.4, 0.5) is 0 Å². The maximum absolute atomic E-state index is 13.1. The van der Waals surface area contributed by atoms with E-state index in [-0.39, 0.29) is 5.91 Å². The highest BCUT2D eigenvalue weighted by atomic mass is 35.5. The Hall–Kier alpha value is -1.52. The first-order valence-electron chi connectivity index (χ1n) is 11.0. The maximum atomic E-state index is 13.1. The van der Waals surface area contributed by atoms with Gasteiger partial charge in [-0.3, -0.25) is 4.79 Å². The molecule has 2 N–H and O–H groups in total. The second-order valence-corrected chi connectivity index (χ2v) is 9.03. The minimum Gasteiger partial charge on any atom is -0.390 e. The van der Waals surface area contributed by atoms with E-state index in [2.05, 4.69) is 32.7 Å². The fraction of sp³-hybridized carbons (Fsp3) is 0.625. The first-order valence-corrected chi connectivity index (χ1v) is 11.3. The lowest BCUT2D eigenvalue weighted by molar-refractivity contribution is -0.00132. The molecule has 0 spiro atoms. The van der Waals surface area contributed by atoms with Crippen LogP contribution in [0.2, 0.25) is 0 Å². The Labute approximate surface area is 180 Å². The molecule has 1 aliphatic heterocycles. The minimum absolute atomic E-state index is 0.0565. The molecule has 0 unspecified atom stereocenters. The normalized spacial score (nSPS) is 18.4. The zero-order valence-electron chi connectivity index (χ0n) is 18.6. The quantitative estimate of drug-likeness (QED) is 0.690. The lowest BCUT2D eigenvalue weighted by Gasteiger charge is -2.36. The number of aliphatic hydroxyl groups is 1. The molecule has 1 aliphatic rings. The third kappa shape index (κ3) is 6.23. The Kier molecular flexibility index (Phi) is 8.59. The Morgan fingerprint density at radius 2 is 1.90 bits per heavy atom. The van der Waals surface area contributed by atoms with E-state index in [1.165, 1.54) is 5.57 Å². The number of hydrogen-bond donors (Lipinski definition) is 2. The summed E-state index contributed by atoms with van der Waals surface area (Å²) in [6.45, 7) is 11.7. The van der Waals surface area contributed by atoms with Crippen LogP contribution in [0.3, 0.4) is 0 Å². The van der Waals surface area contributed by atoms with Crippen LogP contribution in [0.25, 0.3) is 11.6 Å². The standard InChI is InChI=1S/C24H37ClN2O2/c1-6-17(4)20-15-22(26-21(20)10-9-18(5)25)23(28)27-13-11-19(12-14-27)16-24(29,7-2)8-3/h9-10,15,19,26,29H,6-8,11-14,16H2,1-5H3/b18-9+,20-17-,21-10+. The molecule has 4 nitrogen and oxygen atoms in total. The number of piperidine rings is 1. The summed E-state index contributed by atoms with van der Waals surface area (Å²) in [6.07, 6.45) is 9.04. The molecule has 1 aromatic heterocycles. The number of H-pyrrole nitrogens is 1. The van der Waals surface area contributed by atoms with Crippen molar-refractivity contribution in [2.24, 2.45) is 5.92 Å². The van der Waals surface area contributed by atoms with Crippen LogP contribution in [-0.4, -0.2) is 39.6 Å². The average Bonchev–Trinajstić information content (AvgIpc) is 3.15. The Bertz CT molecular complexity index is 837. The van der Waals surface area contributed by atoms with Gasteiger partial charge in [-0.25, -0.2) is 0 Å². The number of hydrogen-bond acceptors (Lipinski definition) is 2. The van der Waals surface area contributed by atoms with E-state index in [0.717, 1.165) is 62.2 Å². The van der Waals surface area contributed by atoms with Gasteiger partial charge in [0.05, 0.1) is 5.60 Å². The first-order chi connectivity index (χ1) is 13.7. The molecule has 0 aromatic carbocycles. The Morgan fingerprint density at radius 1 is 1.28 bits per heavy atom. The lowest BCUT2D eigenvalue weighted by Crippen LogP contribution is -2.41. The third-order valence-electron chi connectivity index (χ3n) is 6.43. The summed E-state index contributed by atoms with van der Waals surface area (Å²) in [5.41, 5.74) is 1.32. The van der Waals surface area contributed by atoms with E-state index in [1.54, 1.807) is 0 Å². The molecule has 1 fully saturated rings. The maximum Gasteiger partial charge on any atom is 0.270 e. The molecule has 0 bridgehead atoms. The summed E-state index contributed by atoms with van der Waals surface area (Å²) < 4.78 is 0. The number of carbonyl (C=O) groups is 1. The minimum atomic E-state index is -0.558. The van der Waals surface area contributed by atoms with Crippen molar-refractivity contribution in [3.05, 3.63) is 33.4 Å². The van der Waals surface area contributed by atoms with E-state index in [0.29, 0.717) is 16.6 Å². The SMILES string of the molecule is CC/C(C)=c1/cc(C(=O)N2CCC(CC(O)(CC)CC)CC2)[nH]/c1=C/C=C(\C)Cl. The van der Waals surface area contributed by atoms with Crippen LogP contribution < -0.4 is 10.6 Å². The van der Waals surface area contributed by atoms with Gasteiger partial charge >= 0.3 is 0 Å². The molecule has 0 radical (unpaired) electrons. The molecule has 0 atom stereocenters. The van der Waals surface area contributed by atoms with Crippen molar-refractivity contribution in [3.8, 4) is 0 Å². The molecule has 162 valence electrons. The number of allylic oxidation sites excluding steroid dienone is 2. The number of nitrogens with one attached hydrogen (secondary N) is 1. The number of aromatic nitrogens is 1. The summed E-state index contributed by atoms with van der Waals surface area (Å²) in [6, 6.07) is 1.98. The third-order valence-corrected chi connectivity index (χ3v) is 6.56. The van der Waals surface area contributed by atoms with E-state index in [4.69, 9.17) is 11.6 Å². The predicted molar refractivity (Wildman–Crippen MR) is 122 cm³/mol. The number of aromatic amines is 1. The van der Waals surface area contributed by atoms with Crippen molar-refractivity contribution in [1.29, 1.82) is 0 Å². The van der Waals surface area contributed by atoms with Crippen molar-refractivity contribution in [2.75, 3.05) is 13.1 Å². The summed E-state index contributed by atoms with van der Waals surface area (Å²) in [5.74, 6) is 0.542. The fourth-order valence-electron chi connectivity index (χ4n) is 4.05. The number of rotatable bonds is 7. The average molecular weight is 421 g/mol. The number of likely N-dealkylation sites (tertiary alicyclic amines) is 1. The van der Waals surface area contributed by atoms with Crippen LogP contribution in [0.15, 0.2) is 17.2 Å². The first kappa shape index (κ1) is 23.8. The van der Waals surface area contributed by atoms with Gasteiger partial charge in [-0.2, -0.15) is 0 Å². The van der Waals surface area contributed by atoms with Crippen LogP contribution in [-0.2, 0) is 0 Å². The predicted octanol–water partition coefficient (Wildman–Crippen LogP) is 4.31. The Morgan fingerprint density at radius 3 is 2.41 bits per heavy atom. The number of halogens is 1. The topological polar surface area (TPSA) is 56.3 Å². The lowest BCUT2D eigenvalue weighted by atomic mass is 9.82. The number of amides is 1. The number of carbonyl (C=O) groups excluding carboxylic acids is 1. The van der Waals surface area contributed by atoms with Gasteiger partial charge < -0.3 is 15.0 Å². The van der Waals surface area contributed by atoms with Crippen molar-refractivity contribution >= 4 is 29.2 Å². The molecule has 0 saturated carbocycles. The van der Waals surface area contributed by atoms with E-state index in [9.17, 15) is 9.90 Å². The summed E-state index contributed by atoms with van der Waals surface area (Å²) in [4.78, 5) is 18.3. The largest absolute Gasteiger partial charge is 0.390 e. The van der Waals surface area contributed by atoms with Crippen LogP contribution >= 0.6 is 11.6 Å². The van der Waals surface area contributed by atoms with Crippen molar-refractivity contribution < 1.29 is 9.90 Å². The van der Waals surface area contributed by atoms with Crippen molar-refractivity contribution in [1.82, 2.24) is 9.88 Å². The van der Waals surface area contributed by atoms with Gasteiger partial charge in [0.15, 0.2) is 0 Å². The second-order valence-electron chi connectivity index (χ2n) is 8.44. The molecule has 5 heteroatoms. The Balaban J connectivity index is 2.16. The zero-order chi connectivity index (χ0) is 21.6. The highest BCUT2D eigenvalue weighted by molar-refractivity contribution is 6.29. The molecule has 29 heavy (non-hydrogen) atoms. The van der Waals surface area contributed by atoms with Crippen LogP contribution in [0.5, 0.6) is 0 Å². The van der Waals surface area contributed by atoms with Gasteiger partial charge in [0.1, 0.15) is 5.69 Å². The van der Waals surface area contributed by atoms with E-state index >= 15 is 0 Å². The molecule has 0 aliphatic carbocycles. The molecular formula is C24H37ClN2O2. The molecule has 2 rings (SSSR count). The van der Waals surface area contributed by atoms with Gasteiger partial charge in [0.2, 0.25) is 0 Å². The van der Waals surface area contributed by atoms with Gasteiger partial charge in [-0.15, -0.1) is 0 Å². The zero-order valence-corrected chi connectivity index (χ0v) is 19.4. The van der Waals surface area contributed by atoms with Gasteiger partial charge in [0.25, 0.3) is 5.91 Å². The summed E-state index contributed by atoms with van der Waals surface area (Å²) >= 11 is 5.98. The van der Waals surface area contributed by atoms with Gasteiger partial charge in [-0.05, 0) is 81.7 Å². The highest BCUT2D eigenvalue weighted by Gasteiger charge is 2.30. The molecular weight excluding hydrogens is 384 g/mol. The van der Waals surface area contributed by atoms with Crippen molar-refractivity contribution in [3.63, 3.8) is 0 Å². The van der Waals surface area contributed by atoms with Gasteiger partial charge in [0, 0.05) is 23.5 Å². The van der Waals surface area contributed by atoms with Crippen LogP contribution in [0, 0.1) is 5.92 Å². The molecule has 1 saturated heterocycles. The van der Waals surface area contributed by atoms with Crippen molar-refractivity contribution in [2.45, 2.75) is 78.7 Å². The smallest absolute Gasteiger partial charge is 0.270 e. The van der Waals surface area contributed by atoms with E-state index in [1.807, 2.05) is 30.0 Å². The molecule has 1 aromatic rings. The molecule has 1 amide bonds. The van der Waals surface area contributed by atoms with Crippen LogP contribution in [0.1, 0.15) is 83.6 Å². The second kappa shape index (κ2) is 10.5.